The van der Waals surface area contributed by atoms with Gasteiger partial charge in [0, 0.05) is 37.2 Å². The Bertz CT molecular complexity index is 1060. The van der Waals surface area contributed by atoms with Crippen LogP contribution in [0.15, 0.2) is 45.5 Å². The number of fused-ring (bicyclic) bond motifs is 1. The summed E-state index contributed by atoms with van der Waals surface area (Å²) >= 11 is 0. The van der Waals surface area contributed by atoms with Crippen molar-refractivity contribution < 1.29 is 4.79 Å². The molecule has 1 aliphatic carbocycles. The maximum absolute atomic E-state index is 12.3. The van der Waals surface area contributed by atoms with Gasteiger partial charge in [0.25, 0.3) is 0 Å². The highest BCUT2D eigenvalue weighted by atomic mass is 16.2. The first-order chi connectivity index (χ1) is 16.8. The summed E-state index contributed by atoms with van der Waals surface area (Å²) in [5, 5.41) is 6.31. The van der Waals surface area contributed by atoms with E-state index in [0.29, 0.717) is 12.0 Å². The van der Waals surface area contributed by atoms with E-state index >= 15 is 0 Å². The van der Waals surface area contributed by atoms with E-state index in [2.05, 4.69) is 20.5 Å². The number of guanidine groups is 1. The zero-order chi connectivity index (χ0) is 25.0. The van der Waals surface area contributed by atoms with Gasteiger partial charge in [-0.2, -0.15) is 0 Å². The first-order valence-electron chi connectivity index (χ1n) is 13.1. The normalized spacial score (nSPS) is 23.7. The van der Waals surface area contributed by atoms with Crippen molar-refractivity contribution in [1.82, 2.24) is 4.90 Å². The molecule has 3 aliphatic rings. The number of likely N-dealkylation sites (tertiary alicyclic amines) is 1. The third-order valence-corrected chi connectivity index (χ3v) is 7.69. The van der Waals surface area contributed by atoms with Crippen molar-refractivity contribution in [2.24, 2.45) is 20.9 Å². The molecule has 0 aromatic heterocycles. The van der Waals surface area contributed by atoms with Crippen LogP contribution in [0.2, 0.25) is 0 Å². The highest BCUT2D eigenvalue weighted by Gasteiger charge is 2.38. The van der Waals surface area contributed by atoms with Gasteiger partial charge < -0.3 is 15.5 Å². The van der Waals surface area contributed by atoms with E-state index in [1.54, 1.807) is 7.05 Å². The van der Waals surface area contributed by atoms with Crippen molar-refractivity contribution in [2.75, 3.05) is 24.2 Å². The Morgan fingerprint density at radius 3 is 2.66 bits per heavy atom. The van der Waals surface area contributed by atoms with Crippen LogP contribution in [0.25, 0.3) is 0 Å². The Morgan fingerprint density at radius 2 is 1.94 bits per heavy atom. The van der Waals surface area contributed by atoms with Crippen molar-refractivity contribution in [2.45, 2.75) is 84.1 Å². The number of nitrogens with zero attached hydrogens (tertiary/aromatic N) is 4. The van der Waals surface area contributed by atoms with Gasteiger partial charge in [0.05, 0.1) is 11.1 Å². The van der Waals surface area contributed by atoms with Gasteiger partial charge in [-0.1, -0.05) is 31.4 Å². The number of benzene rings is 1. The lowest BCUT2D eigenvalue weighted by Gasteiger charge is -2.35. The standard InChI is InChI=1S/C28H40N6O/c1-6-16-30-25(34-17-10-13-24(34)20-11-8-7-9-12-20)19(2)31-27(29-5)32-21-14-15-22-23(18-21)33-26(35)28(22,3)4/h6,14-16,18,20,24H,7-13,17H2,1-5H3,(H,29,32)(H,33,35)/b16-6-,30-25+,31-19+. The molecule has 1 atom stereocenters. The number of nitrogens with one attached hydrogen (secondary N) is 2. The Kier molecular flexibility index (Phi) is 7.72. The third kappa shape index (κ3) is 5.34. The minimum Gasteiger partial charge on any atom is -0.352 e. The smallest absolute Gasteiger partial charge is 0.234 e. The zero-order valence-corrected chi connectivity index (χ0v) is 21.9. The molecule has 7 nitrogen and oxygen atoms in total. The summed E-state index contributed by atoms with van der Waals surface area (Å²) in [5.74, 6) is 2.23. The molecule has 2 heterocycles. The molecule has 7 heteroatoms. The van der Waals surface area contributed by atoms with Crippen LogP contribution >= 0.6 is 0 Å². The first-order valence-corrected chi connectivity index (χ1v) is 13.1. The van der Waals surface area contributed by atoms with E-state index in [0.717, 1.165) is 40.9 Å². The number of allylic oxidation sites excluding steroid dienone is 1. The molecule has 2 N–H and O–H groups in total. The largest absolute Gasteiger partial charge is 0.352 e. The summed E-state index contributed by atoms with van der Waals surface area (Å²) in [6.45, 7) is 8.93. The summed E-state index contributed by atoms with van der Waals surface area (Å²) in [4.78, 5) is 28.9. The van der Waals surface area contributed by atoms with Gasteiger partial charge in [-0.05, 0) is 77.0 Å². The average molecular weight is 477 g/mol. The van der Waals surface area contributed by atoms with Crippen molar-refractivity contribution in [3.63, 3.8) is 0 Å². The number of anilines is 2. The molecule has 1 aromatic carbocycles. The van der Waals surface area contributed by atoms with Crippen LogP contribution in [0.1, 0.15) is 78.2 Å². The van der Waals surface area contributed by atoms with Crippen molar-refractivity contribution in [1.29, 1.82) is 0 Å². The lowest BCUT2D eigenvalue weighted by Crippen LogP contribution is -2.43. The Morgan fingerprint density at radius 1 is 1.17 bits per heavy atom. The number of rotatable bonds is 4. The number of carbonyl (C=O) groups is 1. The summed E-state index contributed by atoms with van der Waals surface area (Å²) < 4.78 is 0. The van der Waals surface area contributed by atoms with E-state index in [-0.39, 0.29) is 5.91 Å². The quantitative estimate of drug-likeness (QED) is 0.429. The molecular weight excluding hydrogens is 436 g/mol. The van der Waals surface area contributed by atoms with Gasteiger partial charge in [-0.25, -0.2) is 9.98 Å². The van der Waals surface area contributed by atoms with Crippen LogP contribution in [0.5, 0.6) is 0 Å². The molecule has 0 bridgehead atoms. The molecule has 4 rings (SSSR count). The maximum atomic E-state index is 12.3. The van der Waals surface area contributed by atoms with E-state index < -0.39 is 5.41 Å². The van der Waals surface area contributed by atoms with Crippen molar-refractivity contribution in [3.8, 4) is 0 Å². The molecule has 1 saturated heterocycles. The molecular formula is C28H40N6O. The minimum atomic E-state index is -0.521. The number of amidine groups is 1. The van der Waals surface area contributed by atoms with Crippen LogP contribution in [0.3, 0.4) is 0 Å². The Balaban J connectivity index is 1.55. The fourth-order valence-electron chi connectivity index (χ4n) is 5.73. The SMILES string of the molecule is C\C=C/N=C(\C(C)=N\C(=N/C)Nc1ccc2c(c1)NC(=O)C2(C)C)N1CCCC1C1CCCCC1. The Labute approximate surface area is 209 Å². The van der Waals surface area contributed by atoms with Gasteiger partial charge in [0.2, 0.25) is 11.9 Å². The fourth-order valence-corrected chi connectivity index (χ4v) is 5.73. The van der Waals surface area contributed by atoms with Gasteiger partial charge in [-0.3, -0.25) is 9.79 Å². The first kappa shape index (κ1) is 25.1. The Hall–Kier alpha value is -2.96. The number of amides is 1. The summed E-state index contributed by atoms with van der Waals surface area (Å²) in [6.07, 6.45) is 13.0. The lowest BCUT2D eigenvalue weighted by atomic mass is 9.83. The van der Waals surface area contributed by atoms with E-state index in [1.165, 1.54) is 44.9 Å². The van der Waals surface area contributed by atoms with Crippen LogP contribution in [-0.2, 0) is 10.2 Å². The maximum Gasteiger partial charge on any atom is 0.234 e. The van der Waals surface area contributed by atoms with E-state index in [4.69, 9.17) is 9.98 Å². The monoisotopic (exact) mass is 476 g/mol. The molecule has 35 heavy (non-hydrogen) atoms. The van der Waals surface area contributed by atoms with Crippen molar-refractivity contribution in [3.05, 3.63) is 36.0 Å². The van der Waals surface area contributed by atoms with Crippen LogP contribution in [0.4, 0.5) is 11.4 Å². The molecule has 0 radical (unpaired) electrons. The highest BCUT2D eigenvalue weighted by molar-refractivity contribution is 6.42. The summed E-state index contributed by atoms with van der Waals surface area (Å²) in [5.41, 5.74) is 3.02. The topological polar surface area (TPSA) is 81.5 Å². The van der Waals surface area contributed by atoms with Crippen LogP contribution in [0, 0.1) is 5.92 Å². The second-order valence-electron chi connectivity index (χ2n) is 10.4. The van der Waals surface area contributed by atoms with Crippen LogP contribution in [-0.4, -0.2) is 47.9 Å². The predicted molar refractivity (Wildman–Crippen MR) is 147 cm³/mol. The lowest BCUT2D eigenvalue weighted by molar-refractivity contribution is -0.119. The zero-order valence-electron chi connectivity index (χ0n) is 21.9. The molecule has 1 amide bonds. The summed E-state index contributed by atoms with van der Waals surface area (Å²) in [6, 6.07) is 6.47. The number of carbonyl (C=O) groups excluding carboxylic acids is 1. The second-order valence-corrected chi connectivity index (χ2v) is 10.4. The fraction of sp³-hybridized carbons (Fsp3) is 0.571. The number of aliphatic imine (C=N–C) groups is 3. The van der Waals surface area contributed by atoms with Crippen molar-refractivity contribution >= 4 is 34.8 Å². The number of hydrogen-bond acceptors (Lipinski definition) is 3. The van der Waals surface area contributed by atoms with Gasteiger partial charge in [-0.15, -0.1) is 0 Å². The molecule has 1 aromatic rings. The highest BCUT2D eigenvalue weighted by Crippen LogP contribution is 2.38. The van der Waals surface area contributed by atoms with Gasteiger partial charge in [0.1, 0.15) is 5.84 Å². The molecule has 188 valence electrons. The van der Waals surface area contributed by atoms with Gasteiger partial charge >= 0.3 is 0 Å². The van der Waals surface area contributed by atoms with E-state index in [9.17, 15) is 4.79 Å². The molecule has 1 saturated carbocycles. The summed E-state index contributed by atoms with van der Waals surface area (Å²) in [7, 11) is 1.74. The molecule has 2 aliphatic heterocycles. The third-order valence-electron chi connectivity index (χ3n) is 7.69. The second kappa shape index (κ2) is 10.8. The van der Waals surface area contributed by atoms with E-state index in [1.807, 2.05) is 58.2 Å². The average Bonchev–Trinajstić information content (AvgIpc) is 3.42. The van der Waals surface area contributed by atoms with Gasteiger partial charge in [0.15, 0.2) is 0 Å². The molecule has 2 fully saturated rings. The molecule has 1 unspecified atom stereocenters. The van der Waals surface area contributed by atoms with Crippen LogP contribution < -0.4 is 10.6 Å². The minimum absolute atomic E-state index is 0.0193. The molecule has 0 spiro atoms. The predicted octanol–water partition coefficient (Wildman–Crippen LogP) is 5.75. The number of hydrogen-bond donors (Lipinski definition) is 2.